The summed E-state index contributed by atoms with van der Waals surface area (Å²) in [5.74, 6) is 1.71. The number of rotatable bonds is 10. The maximum atomic E-state index is 12.9. The van der Waals surface area contributed by atoms with E-state index < -0.39 is 0 Å². The molecule has 188 valence electrons. The van der Waals surface area contributed by atoms with Gasteiger partial charge in [0.1, 0.15) is 13.2 Å². The summed E-state index contributed by atoms with van der Waals surface area (Å²) in [6, 6.07) is 9.47. The zero-order chi connectivity index (χ0) is 25.2. The van der Waals surface area contributed by atoms with Crippen molar-refractivity contribution in [1.82, 2.24) is 20.0 Å². The summed E-state index contributed by atoms with van der Waals surface area (Å²) in [5.41, 5.74) is 1.60. The van der Waals surface area contributed by atoms with Gasteiger partial charge in [-0.1, -0.05) is 6.08 Å². The number of ether oxygens (including phenoxy) is 3. The van der Waals surface area contributed by atoms with Crippen molar-refractivity contribution in [3.63, 3.8) is 0 Å². The minimum atomic E-state index is -0.234. The van der Waals surface area contributed by atoms with Crippen molar-refractivity contribution in [2.45, 2.75) is 6.42 Å². The molecule has 35 heavy (non-hydrogen) atoms. The van der Waals surface area contributed by atoms with E-state index in [4.69, 9.17) is 14.2 Å². The SMILES string of the molecule is C=CCN(CC(=O)N1CCCN(c2ccc(-c3ccc(OC)c(OC)c3)nn2)CC1)C(=O)COC. The van der Waals surface area contributed by atoms with Crippen LogP contribution in [-0.2, 0) is 14.3 Å². The molecule has 2 aromatic rings. The molecule has 0 bridgehead atoms. The van der Waals surface area contributed by atoms with Gasteiger partial charge in [0.15, 0.2) is 17.3 Å². The van der Waals surface area contributed by atoms with Crippen LogP contribution in [0.15, 0.2) is 43.0 Å². The fourth-order valence-corrected chi connectivity index (χ4v) is 3.93. The van der Waals surface area contributed by atoms with Crippen LogP contribution in [0.2, 0.25) is 0 Å². The molecule has 0 atom stereocenters. The monoisotopic (exact) mass is 483 g/mol. The summed E-state index contributed by atoms with van der Waals surface area (Å²) in [6.07, 6.45) is 2.40. The van der Waals surface area contributed by atoms with Crippen LogP contribution in [0.1, 0.15) is 6.42 Å². The Morgan fingerprint density at radius 3 is 2.49 bits per heavy atom. The van der Waals surface area contributed by atoms with Crippen LogP contribution >= 0.6 is 0 Å². The van der Waals surface area contributed by atoms with Gasteiger partial charge in [0, 0.05) is 45.4 Å². The lowest BCUT2D eigenvalue weighted by molar-refractivity contribution is -0.142. The molecular formula is C25H33N5O5. The average molecular weight is 484 g/mol. The largest absolute Gasteiger partial charge is 0.493 e. The maximum Gasteiger partial charge on any atom is 0.249 e. The molecule has 0 spiro atoms. The number of carbonyl (C=O) groups is 2. The standard InChI is InChI=1S/C25H33N5O5/c1-5-11-30(25(32)18-33-2)17-24(31)29-13-6-12-28(14-15-29)23-10-8-20(26-27-23)19-7-9-21(34-3)22(16-19)35-4/h5,7-10,16H,1,6,11-15,17-18H2,2-4H3. The third-order valence-electron chi connectivity index (χ3n) is 5.80. The highest BCUT2D eigenvalue weighted by molar-refractivity contribution is 5.85. The third-order valence-corrected chi connectivity index (χ3v) is 5.80. The maximum absolute atomic E-state index is 12.9. The minimum Gasteiger partial charge on any atom is -0.493 e. The number of hydrogen-bond acceptors (Lipinski definition) is 8. The van der Waals surface area contributed by atoms with Crippen molar-refractivity contribution >= 4 is 17.6 Å². The lowest BCUT2D eigenvalue weighted by Gasteiger charge is -2.26. The first-order chi connectivity index (χ1) is 17.0. The van der Waals surface area contributed by atoms with Crippen LogP contribution in [0.25, 0.3) is 11.3 Å². The second-order valence-electron chi connectivity index (χ2n) is 8.06. The third kappa shape index (κ3) is 6.69. The van der Waals surface area contributed by atoms with Crippen molar-refractivity contribution in [2.24, 2.45) is 0 Å². The molecule has 1 aliphatic rings. The second kappa shape index (κ2) is 12.7. The van der Waals surface area contributed by atoms with Gasteiger partial charge >= 0.3 is 0 Å². The van der Waals surface area contributed by atoms with Crippen LogP contribution in [0.5, 0.6) is 11.5 Å². The zero-order valence-corrected chi connectivity index (χ0v) is 20.6. The predicted molar refractivity (Wildman–Crippen MR) is 133 cm³/mol. The number of carbonyl (C=O) groups excluding carboxylic acids is 2. The molecule has 0 N–H and O–H groups in total. The van der Waals surface area contributed by atoms with Gasteiger partial charge in [0.05, 0.1) is 19.9 Å². The molecule has 2 amide bonds. The van der Waals surface area contributed by atoms with E-state index in [9.17, 15) is 9.59 Å². The molecule has 1 saturated heterocycles. The van der Waals surface area contributed by atoms with Crippen molar-refractivity contribution < 1.29 is 23.8 Å². The van der Waals surface area contributed by atoms with Crippen molar-refractivity contribution in [3.8, 4) is 22.8 Å². The summed E-state index contributed by atoms with van der Waals surface area (Å²) in [6.45, 7) is 6.46. The first-order valence-electron chi connectivity index (χ1n) is 11.5. The second-order valence-corrected chi connectivity index (χ2v) is 8.06. The Bertz CT molecular complexity index is 1010. The Balaban J connectivity index is 1.62. The number of benzene rings is 1. The van der Waals surface area contributed by atoms with Gasteiger partial charge in [0.2, 0.25) is 11.8 Å². The van der Waals surface area contributed by atoms with E-state index >= 15 is 0 Å². The fourth-order valence-electron chi connectivity index (χ4n) is 3.93. The van der Waals surface area contributed by atoms with Crippen molar-refractivity contribution in [1.29, 1.82) is 0 Å². The van der Waals surface area contributed by atoms with Gasteiger partial charge in [-0.25, -0.2) is 0 Å². The average Bonchev–Trinajstić information content (AvgIpc) is 3.15. The van der Waals surface area contributed by atoms with Gasteiger partial charge < -0.3 is 28.9 Å². The lowest BCUT2D eigenvalue weighted by Crippen LogP contribution is -2.45. The summed E-state index contributed by atoms with van der Waals surface area (Å²) in [4.78, 5) is 30.5. The number of hydrogen-bond donors (Lipinski definition) is 0. The molecule has 1 aromatic carbocycles. The molecule has 0 unspecified atom stereocenters. The number of aromatic nitrogens is 2. The summed E-state index contributed by atoms with van der Waals surface area (Å²) in [5, 5.41) is 8.83. The normalized spacial score (nSPS) is 13.7. The Kier molecular flexibility index (Phi) is 9.42. The van der Waals surface area contributed by atoms with Gasteiger partial charge in [-0.05, 0) is 36.8 Å². The zero-order valence-electron chi connectivity index (χ0n) is 20.6. The van der Waals surface area contributed by atoms with E-state index in [0.717, 1.165) is 30.0 Å². The van der Waals surface area contributed by atoms with Crippen LogP contribution < -0.4 is 14.4 Å². The van der Waals surface area contributed by atoms with Gasteiger partial charge in [-0.3, -0.25) is 9.59 Å². The topological polar surface area (TPSA) is 97.3 Å². The van der Waals surface area contributed by atoms with E-state index in [1.807, 2.05) is 30.3 Å². The molecule has 10 nitrogen and oxygen atoms in total. The first kappa shape index (κ1) is 26.0. The van der Waals surface area contributed by atoms with Crippen LogP contribution in [-0.4, -0.2) is 99.0 Å². The molecule has 2 heterocycles. The summed E-state index contributed by atoms with van der Waals surface area (Å²) >= 11 is 0. The van der Waals surface area contributed by atoms with E-state index in [1.165, 1.54) is 12.0 Å². The molecule has 0 saturated carbocycles. The molecule has 10 heteroatoms. The number of nitrogens with zero attached hydrogens (tertiary/aromatic N) is 5. The molecule has 1 aromatic heterocycles. The quantitative estimate of drug-likeness (QED) is 0.473. The predicted octanol–water partition coefficient (Wildman–Crippen LogP) is 1.86. The Labute approximate surface area is 206 Å². The Hall–Kier alpha value is -3.66. The highest BCUT2D eigenvalue weighted by atomic mass is 16.5. The molecule has 0 aliphatic carbocycles. The van der Waals surface area contributed by atoms with Crippen LogP contribution in [0.3, 0.4) is 0 Å². The minimum absolute atomic E-state index is 0.00798. The Morgan fingerprint density at radius 1 is 1.03 bits per heavy atom. The number of methoxy groups -OCH3 is 3. The van der Waals surface area contributed by atoms with E-state index in [2.05, 4.69) is 21.7 Å². The molecule has 1 fully saturated rings. The smallest absolute Gasteiger partial charge is 0.249 e. The van der Waals surface area contributed by atoms with Crippen molar-refractivity contribution in [3.05, 3.63) is 43.0 Å². The Morgan fingerprint density at radius 2 is 1.83 bits per heavy atom. The highest BCUT2D eigenvalue weighted by Crippen LogP contribution is 2.31. The van der Waals surface area contributed by atoms with Crippen LogP contribution in [0, 0.1) is 0 Å². The van der Waals surface area contributed by atoms with Gasteiger partial charge in [0.25, 0.3) is 0 Å². The highest BCUT2D eigenvalue weighted by Gasteiger charge is 2.23. The fraction of sp³-hybridized carbons (Fsp3) is 0.440. The van der Waals surface area contributed by atoms with Crippen LogP contribution in [0.4, 0.5) is 5.82 Å². The number of anilines is 1. The summed E-state index contributed by atoms with van der Waals surface area (Å²) < 4.78 is 15.6. The van der Waals surface area contributed by atoms with E-state index in [0.29, 0.717) is 37.7 Å². The molecule has 1 aliphatic heterocycles. The lowest BCUT2D eigenvalue weighted by atomic mass is 10.1. The van der Waals surface area contributed by atoms with E-state index in [-0.39, 0.29) is 25.0 Å². The van der Waals surface area contributed by atoms with Crippen molar-refractivity contribution in [2.75, 3.05) is 72.1 Å². The van der Waals surface area contributed by atoms with Gasteiger partial charge in [-0.15, -0.1) is 16.8 Å². The molecule has 0 radical (unpaired) electrons. The molecule has 3 rings (SSSR count). The first-order valence-corrected chi connectivity index (χ1v) is 11.5. The molecular weight excluding hydrogens is 450 g/mol. The van der Waals surface area contributed by atoms with Gasteiger partial charge in [-0.2, -0.15) is 0 Å². The number of amides is 2. The summed E-state index contributed by atoms with van der Waals surface area (Å²) in [7, 11) is 4.65. The van der Waals surface area contributed by atoms with E-state index in [1.54, 1.807) is 25.2 Å².